The number of carbonyl (C=O) groups excluding carboxylic acids is 1. The number of fused-ring (bicyclic) bond motifs is 1. The van der Waals surface area contributed by atoms with Gasteiger partial charge in [0.25, 0.3) is 12.3 Å². The number of carbonyl (C=O) groups is 1. The molecule has 0 bridgehead atoms. The van der Waals surface area contributed by atoms with Gasteiger partial charge in [0.2, 0.25) is 0 Å². The van der Waals surface area contributed by atoms with Gasteiger partial charge in [-0.3, -0.25) is 29.0 Å². The highest BCUT2D eigenvalue weighted by atomic mass is 35.5. The van der Waals surface area contributed by atoms with Crippen LogP contribution in [0.25, 0.3) is 28.0 Å². The summed E-state index contributed by atoms with van der Waals surface area (Å²) in [4.78, 5) is 34.6. The highest BCUT2D eigenvalue weighted by molar-refractivity contribution is 6.30. The van der Waals surface area contributed by atoms with Gasteiger partial charge in [0.05, 0.1) is 39.2 Å². The van der Waals surface area contributed by atoms with Crippen molar-refractivity contribution in [3.8, 4) is 16.9 Å². The van der Waals surface area contributed by atoms with Crippen molar-refractivity contribution in [1.29, 1.82) is 0 Å². The molecule has 1 aliphatic carbocycles. The molecule has 0 spiro atoms. The molecule has 0 aliphatic heterocycles. The minimum atomic E-state index is -2.88. The smallest absolute Gasteiger partial charge is 0.333 e. The molecule has 5 aromatic rings. The third-order valence-corrected chi connectivity index (χ3v) is 7.80. The topological polar surface area (TPSA) is 110 Å². The number of hydrogen-bond acceptors (Lipinski definition) is 5. The Kier molecular flexibility index (Phi) is 7.36. The molecule has 0 atom stereocenters. The number of aromatic amines is 1. The van der Waals surface area contributed by atoms with E-state index in [1.165, 1.54) is 6.07 Å². The van der Waals surface area contributed by atoms with Crippen LogP contribution in [0.4, 0.5) is 8.78 Å². The average molecular weight is 578 g/mol. The maximum absolute atomic E-state index is 13.8. The summed E-state index contributed by atoms with van der Waals surface area (Å²) >= 11 is 5.91. The van der Waals surface area contributed by atoms with Crippen LogP contribution in [-0.4, -0.2) is 41.2 Å². The highest BCUT2D eigenvalue weighted by Crippen LogP contribution is 2.29. The van der Waals surface area contributed by atoms with E-state index in [1.807, 2.05) is 41.0 Å². The van der Waals surface area contributed by atoms with Crippen molar-refractivity contribution in [2.75, 3.05) is 0 Å². The Balaban J connectivity index is 1.19. The Bertz CT molecular complexity index is 1760. The number of hydrogen-bond donors (Lipinski definition) is 2. The monoisotopic (exact) mass is 577 g/mol. The van der Waals surface area contributed by atoms with Crippen molar-refractivity contribution in [2.24, 2.45) is 5.92 Å². The normalized spacial score (nSPS) is 17.3. The zero-order valence-corrected chi connectivity index (χ0v) is 22.6. The lowest BCUT2D eigenvalue weighted by Gasteiger charge is -2.29. The number of para-hydroxylation sites is 2. The van der Waals surface area contributed by atoms with E-state index in [0.717, 1.165) is 35.6 Å². The van der Waals surface area contributed by atoms with E-state index in [1.54, 1.807) is 23.2 Å². The molecule has 1 amide bonds. The summed E-state index contributed by atoms with van der Waals surface area (Å²) < 4.78 is 30.3. The summed E-state index contributed by atoms with van der Waals surface area (Å²) in [6, 6.07) is 12.4. The zero-order valence-electron chi connectivity index (χ0n) is 21.8. The second-order valence-corrected chi connectivity index (χ2v) is 10.6. The molecule has 1 aliphatic rings. The lowest BCUT2D eigenvalue weighted by molar-refractivity contribution is 0.0904. The van der Waals surface area contributed by atoms with Gasteiger partial charge in [0, 0.05) is 36.7 Å². The first-order valence-corrected chi connectivity index (χ1v) is 13.7. The third-order valence-electron chi connectivity index (χ3n) is 7.59. The number of alkyl halides is 2. The summed E-state index contributed by atoms with van der Waals surface area (Å²) in [5, 5.41) is 9.77. The Morgan fingerprint density at radius 1 is 1.07 bits per heavy atom. The average Bonchev–Trinajstić information content (AvgIpc) is 3.61. The van der Waals surface area contributed by atoms with Crippen LogP contribution in [0.3, 0.4) is 0 Å². The van der Waals surface area contributed by atoms with Gasteiger partial charge in [0.1, 0.15) is 5.69 Å². The summed E-state index contributed by atoms with van der Waals surface area (Å²) in [7, 11) is 0. The van der Waals surface area contributed by atoms with Gasteiger partial charge in [-0.15, -0.1) is 0 Å². The van der Waals surface area contributed by atoms with Crippen molar-refractivity contribution < 1.29 is 13.6 Å². The van der Waals surface area contributed by atoms with E-state index in [2.05, 4.69) is 25.5 Å². The number of rotatable bonds is 7. The number of imidazole rings is 1. The van der Waals surface area contributed by atoms with E-state index in [4.69, 9.17) is 11.6 Å². The molecule has 0 unspecified atom stereocenters. The minimum Gasteiger partial charge on any atom is -0.349 e. The lowest BCUT2D eigenvalue weighted by Crippen LogP contribution is -2.39. The molecule has 210 valence electrons. The Labute approximate surface area is 238 Å². The molecule has 0 saturated heterocycles. The summed E-state index contributed by atoms with van der Waals surface area (Å²) in [6.45, 7) is 0.528. The van der Waals surface area contributed by atoms with Crippen molar-refractivity contribution in [1.82, 2.24) is 34.6 Å². The van der Waals surface area contributed by atoms with Crippen LogP contribution in [-0.2, 0) is 6.54 Å². The van der Waals surface area contributed by atoms with Crippen molar-refractivity contribution in [2.45, 2.75) is 44.7 Å². The molecule has 6 rings (SSSR count). The summed E-state index contributed by atoms with van der Waals surface area (Å²) in [6.07, 6.45) is 6.21. The zero-order chi connectivity index (χ0) is 28.5. The van der Waals surface area contributed by atoms with E-state index in [-0.39, 0.29) is 28.2 Å². The van der Waals surface area contributed by atoms with Gasteiger partial charge in [-0.25, -0.2) is 13.6 Å². The Morgan fingerprint density at radius 2 is 1.85 bits per heavy atom. The van der Waals surface area contributed by atoms with Crippen LogP contribution in [0.2, 0.25) is 5.02 Å². The molecule has 0 radical (unpaired) electrons. The van der Waals surface area contributed by atoms with Crippen LogP contribution in [0, 0.1) is 5.92 Å². The van der Waals surface area contributed by atoms with E-state index < -0.39 is 18.0 Å². The van der Waals surface area contributed by atoms with Gasteiger partial charge in [0.15, 0.2) is 0 Å². The van der Waals surface area contributed by atoms with Crippen LogP contribution in [0.5, 0.6) is 0 Å². The second-order valence-electron chi connectivity index (χ2n) is 10.2. The van der Waals surface area contributed by atoms with Gasteiger partial charge in [-0.05, 0) is 61.9 Å². The second kappa shape index (κ2) is 11.2. The molecular weight excluding hydrogens is 552 g/mol. The van der Waals surface area contributed by atoms with Gasteiger partial charge in [-0.1, -0.05) is 23.7 Å². The molecule has 1 fully saturated rings. The predicted molar refractivity (Wildman–Crippen MR) is 150 cm³/mol. The fourth-order valence-electron chi connectivity index (χ4n) is 5.56. The van der Waals surface area contributed by atoms with Crippen LogP contribution in [0.1, 0.15) is 48.2 Å². The number of aromatic nitrogens is 6. The van der Waals surface area contributed by atoms with E-state index in [9.17, 15) is 18.4 Å². The number of H-pyrrole nitrogens is 1. The Hall–Kier alpha value is -4.38. The number of nitrogens with zero attached hydrogens (tertiary/aromatic N) is 5. The van der Waals surface area contributed by atoms with Gasteiger partial charge < -0.3 is 5.32 Å². The third kappa shape index (κ3) is 5.37. The molecule has 1 aromatic carbocycles. The maximum Gasteiger partial charge on any atom is 0.333 e. The maximum atomic E-state index is 13.8. The quantitative estimate of drug-likeness (QED) is 0.263. The van der Waals surface area contributed by atoms with Gasteiger partial charge >= 0.3 is 5.69 Å². The van der Waals surface area contributed by atoms with Crippen molar-refractivity contribution in [3.63, 3.8) is 0 Å². The minimum absolute atomic E-state index is 0.123. The van der Waals surface area contributed by atoms with Crippen LogP contribution >= 0.6 is 11.6 Å². The molecule has 1 saturated carbocycles. The number of nitrogens with one attached hydrogen (secondary N) is 2. The molecule has 4 aromatic heterocycles. The molecule has 2 N–H and O–H groups in total. The largest absolute Gasteiger partial charge is 0.349 e. The number of pyridine rings is 2. The SMILES string of the molecule is O=C(N[C@H]1CC[C@H](Cn2c(=O)n(-c3ccnc(-c4cn[nH]c4)c3)c3ccccc32)CC1)c1cc(Cl)cnc1C(F)F. The first kappa shape index (κ1) is 26.8. The highest BCUT2D eigenvalue weighted by Gasteiger charge is 2.27. The van der Waals surface area contributed by atoms with Crippen molar-refractivity contribution in [3.05, 3.63) is 94.0 Å². The van der Waals surface area contributed by atoms with Crippen LogP contribution < -0.4 is 11.0 Å². The molecule has 9 nitrogen and oxygen atoms in total. The molecule has 12 heteroatoms. The molecule has 4 heterocycles. The Morgan fingerprint density at radius 3 is 2.59 bits per heavy atom. The van der Waals surface area contributed by atoms with Crippen molar-refractivity contribution >= 4 is 28.5 Å². The predicted octanol–water partition coefficient (Wildman–Crippen LogP) is 5.55. The first-order valence-electron chi connectivity index (χ1n) is 13.3. The first-order chi connectivity index (χ1) is 19.9. The molecule has 41 heavy (non-hydrogen) atoms. The fraction of sp³-hybridized carbons (Fsp3) is 0.276. The number of amides is 1. The van der Waals surface area contributed by atoms with Gasteiger partial charge in [-0.2, -0.15) is 5.10 Å². The number of benzene rings is 1. The summed E-state index contributed by atoms with van der Waals surface area (Å²) in [5.41, 5.74) is 2.94. The summed E-state index contributed by atoms with van der Waals surface area (Å²) in [5.74, 6) is -0.395. The standard InChI is InChI=1S/C29H26ClF2N7O2/c30-19-11-22(26(27(31)32)34-15-19)28(40)37-20-7-5-17(6-8-20)16-38-24-3-1-2-4-25(24)39(29(38)41)21-9-10-33-23(12-21)18-13-35-36-14-18/h1-4,9-15,17,20,27H,5-8,16H2,(H,35,36)(H,37,40)/t17-,20-. The van der Waals surface area contributed by atoms with E-state index in [0.29, 0.717) is 30.8 Å². The molecular formula is C29H26ClF2N7O2. The van der Waals surface area contributed by atoms with E-state index >= 15 is 0 Å². The number of halogens is 3. The fourth-order valence-corrected chi connectivity index (χ4v) is 5.72. The van der Waals surface area contributed by atoms with Crippen LogP contribution in [0.15, 0.2) is 72.0 Å². The lowest BCUT2D eigenvalue weighted by atomic mass is 9.85.